The predicted octanol–water partition coefficient (Wildman–Crippen LogP) is 4.85. The van der Waals surface area contributed by atoms with Gasteiger partial charge in [0.25, 0.3) is 5.91 Å². The summed E-state index contributed by atoms with van der Waals surface area (Å²) in [6.07, 6.45) is 1.73. The summed E-state index contributed by atoms with van der Waals surface area (Å²) >= 11 is 0. The topological polar surface area (TPSA) is 104 Å². The molecule has 3 aromatic rings. The minimum atomic E-state index is -0.385. The SMILES string of the molecule is Cc1ccc(C(=O)N2CCC(c3ccc(C#N)cc3)CC2)cc1NC(=O)NC1COc2ccccc2OC1. The van der Waals surface area contributed by atoms with Gasteiger partial charge in [0.1, 0.15) is 13.2 Å². The first-order chi connectivity index (χ1) is 18.5. The van der Waals surface area contributed by atoms with Crippen LogP contribution < -0.4 is 20.1 Å². The minimum absolute atomic E-state index is 0.0462. The van der Waals surface area contributed by atoms with Crippen LogP contribution in [0.15, 0.2) is 66.7 Å². The van der Waals surface area contributed by atoms with Crippen molar-refractivity contribution >= 4 is 17.6 Å². The van der Waals surface area contributed by atoms with Crippen LogP contribution in [0.25, 0.3) is 0 Å². The number of ether oxygens (including phenoxy) is 2. The normalized spacial score (nSPS) is 15.7. The van der Waals surface area contributed by atoms with Crippen LogP contribution >= 0.6 is 0 Å². The Morgan fingerprint density at radius 1 is 0.947 bits per heavy atom. The highest BCUT2D eigenvalue weighted by molar-refractivity contribution is 5.97. The van der Waals surface area contributed by atoms with E-state index >= 15 is 0 Å². The van der Waals surface area contributed by atoms with Gasteiger partial charge in [0.2, 0.25) is 0 Å². The van der Waals surface area contributed by atoms with E-state index in [-0.39, 0.29) is 18.0 Å². The fourth-order valence-corrected chi connectivity index (χ4v) is 4.86. The Labute approximate surface area is 222 Å². The third-order valence-corrected chi connectivity index (χ3v) is 7.09. The largest absolute Gasteiger partial charge is 0.487 e. The molecule has 0 spiro atoms. The van der Waals surface area contributed by atoms with Gasteiger partial charge in [-0.05, 0) is 73.2 Å². The van der Waals surface area contributed by atoms with Gasteiger partial charge in [-0.1, -0.05) is 30.3 Å². The number of nitrogens with one attached hydrogen (secondary N) is 2. The summed E-state index contributed by atoms with van der Waals surface area (Å²) in [7, 11) is 0. The lowest BCUT2D eigenvalue weighted by atomic mass is 9.89. The zero-order chi connectivity index (χ0) is 26.5. The Balaban J connectivity index is 1.17. The Hall–Kier alpha value is -4.51. The van der Waals surface area contributed by atoms with Crippen LogP contribution in [0, 0.1) is 18.3 Å². The second-order valence-corrected chi connectivity index (χ2v) is 9.69. The molecule has 3 aromatic carbocycles. The van der Waals surface area contributed by atoms with E-state index in [9.17, 15) is 9.59 Å². The van der Waals surface area contributed by atoms with Crippen molar-refractivity contribution < 1.29 is 19.1 Å². The predicted molar refractivity (Wildman–Crippen MR) is 144 cm³/mol. The number of hydrogen-bond donors (Lipinski definition) is 2. The molecule has 38 heavy (non-hydrogen) atoms. The van der Waals surface area contributed by atoms with Crippen molar-refractivity contribution in [1.82, 2.24) is 10.2 Å². The summed E-state index contributed by atoms with van der Waals surface area (Å²) in [5, 5.41) is 14.8. The zero-order valence-electron chi connectivity index (χ0n) is 21.3. The fraction of sp³-hybridized carbons (Fsp3) is 0.300. The first kappa shape index (κ1) is 25.2. The number of anilines is 1. The van der Waals surface area contributed by atoms with Gasteiger partial charge in [0.15, 0.2) is 11.5 Å². The molecule has 0 atom stereocenters. The molecular formula is C30H30N4O4. The molecule has 0 saturated carbocycles. The van der Waals surface area contributed by atoms with Crippen LogP contribution in [-0.2, 0) is 0 Å². The number of piperidine rings is 1. The van der Waals surface area contributed by atoms with E-state index in [0.717, 1.165) is 18.4 Å². The quantitative estimate of drug-likeness (QED) is 0.522. The van der Waals surface area contributed by atoms with Gasteiger partial charge in [-0.3, -0.25) is 4.79 Å². The third kappa shape index (κ3) is 5.73. The number of fused-ring (bicyclic) bond motifs is 1. The highest BCUT2D eigenvalue weighted by atomic mass is 16.5. The van der Waals surface area contributed by atoms with Crippen molar-refractivity contribution in [2.75, 3.05) is 31.6 Å². The number of hydrogen-bond acceptors (Lipinski definition) is 5. The number of amides is 3. The van der Waals surface area contributed by atoms with Gasteiger partial charge in [-0.15, -0.1) is 0 Å². The molecule has 2 heterocycles. The maximum absolute atomic E-state index is 13.3. The van der Waals surface area contributed by atoms with Gasteiger partial charge in [0, 0.05) is 24.3 Å². The number of para-hydroxylation sites is 2. The summed E-state index contributed by atoms with van der Waals surface area (Å²) in [6.45, 7) is 3.79. The lowest BCUT2D eigenvalue weighted by molar-refractivity contribution is 0.0713. The molecule has 0 unspecified atom stereocenters. The lowest BCUT2D eigenvalue weighted by Crippen LogP contribution is -2.44. The van der Waals surface area contributed by atoms with Gasteiger partial charge >= 0.3 is 6.03 Å². The van der Waals surface area contributed by atoms with E-state index in [4.69, 9.17) is 14.7 Å². The Bertz CT molecular complexity index is 1330. The number of aryl methyl sites for hydroxylation is 1. The number of urea groups is 1. The number of likely N-dealkylation sites (tertiary alicyclic amines) is 1. The number of nitriles is 1. The van der Waals surface area contributed by atoms with Gasteiger partial charge in [-0.2, -0.15) is 5.26 Å². The molecule has 1 fully saturated rings. The minimum Gasteiger partial charge on any atom is -0.487 e. The standard InChI is InChI=1S/C30H30N4O4/c1-20-6-9-24(29(35)34-14-12-23(13-15-34)22-10-7-21(17-31)8-11-22)16-26(20)33-30(36)32-25-18-37-27-4-2-3-5-28(27)38-19-25/h2-11,16,23,25H,12-15,18-19H2,1H3,(H2,32,33,36). The monoisotopic (exact) mass is 510 g/mol. The molecule has 194 valence electrons. The summed E-state index contributed by atoms with van der Waals surface area (Å²) in [6, 6.07) is 21.9. The molecule has 2 aliphatic heterocycles. The number of nitrogens with zero attached hydrogens (tertiary/aromatic N) is 2. The number of carbonyl (C=O) groups is 2. The number of rotatable bonds is 4. The van der Waals surface area contributed by atoms with E-state index in [0.29, 0.717) is 60.5 Å². The van der Waals surface area contributed by atoms with Crippen LogP contribution in [-0.4, -0.2) is 49.2 Å². The molecule has 0 radical (unpaired) electrons. The van der Waals surface area contributed by atoms with Gasteiger partial charge < -0.3 is 25.0 Å². The molecule has 0 aliphatic carbocycles. The van der Waals surface area contributed by atoms with Crippen LogP contribution in [0.5, 0.6) is 11.5 Å². The molecule has 0 aromatic heterocycles. The summed E-state index contributed by atoms with van der Waals surface area (Å²) in [4.78, 5) is 27.9. The summed E-state index contributed by atoms with van der Waals surface area (Å²) in [5.41, 5.74) is 3.84. The third-order valence-electron chi connectivity index (χ3n) is 7.09. The molecule has 0 bridgehead atoms. The molecule has 3 amide bonds. The van der Waals surface area contributed by atoms with Crippen molar-refractivity contribution in [3.8, 4) is 17.6 Å². The van der Waals surface area contributed by atoms with E-state index in [2.05, 4.69) is 16.7 Å². The lowest BCUT2D eigenvalue weighted by Gasteiger charge is -2.32. The molecular weight excluding hydrogens is 480 g/mol. The second kappa shape index (κ2) is 11.3. The summed E-state index contributed by atoms with van der Waals surface area (Å²) < 4.78 is 11.5. The number of benzene rings is 3. The molecule has 5 rings (SSSR count). The molecule has 2 N–H and O–H groups in total. The highest BCUT2D eigenvalue weighted by Crippen LogP contribution is 2.30. The summed E-state index contributed by atoms with van der Waals surface area (Å²) in [5.74, 6) is 1.63. The van der Waals surface area contributed by atoms with E-state index < -0.39 is 0 Å². The van der Waals surface area contributed by atoms with E-state index in [1.165, 1.54) is 5.56 Å². The number of carbonyl (C=O) groups excluding carboxylic acids is 2. The Kier molecular flexibility index (Phi) is 7.45. The van der Waals surface area contributed by atoms with E-state index in [1.807, 2.05) is 66.4 Å². The first-order valence-corrected chi connectivity index (χ1v) is 12.8. The maximum Gasteiger partial charge on any atom is 0.319 e. The van der Waals surface area contributed by atoms with Gasteiger partial charge in [0.05, 0.1) is 17.7 Å². The zero-order valence-corrected chi connectivity index (χ0v) is 21.3. The Morgan fingerprint density at radius 3 is 2.24 bits per heavy atom. The van der Waals surface area contributed by atoms with Crippen LogP contribution in [0.2, 0.25) is 0 Å². The fourth-order valence-electron chi connectivity index (χ4n) is 4.86. The average molecular weight is 511 g/mol. The van der Waals surface area contributed by atoms with Crippen molar-refractivity contribution in [3.05, 3.63) is 89.0 Å². The van der Waals surface area contributed by atoms with Crippen molar-refractivity contribution in [2.45, 2.75) is 31.7 Å². The molecule has 2 aliphatic rings. The van der Waals surface area contributed by atoms with Crippen molar-refractivity contribution in [3.63, 3.8) is 0 Å². The molecule has 8 heteroatoms. The average Bonchev–Trinajstić information content (AvgIpc) is 3.16. The van der Waals surface area contributed by atoms with Crippen LogP contribution in [0.4, 0.5) is 10.5 Å². The van der Waals surface area contributed by atoms with Crippen molar-refractivity contribution in [2.24, 2.45) is 0 Å². The van der Waals surface area contributed by atoms with Crippen molar-refractivity contribution in [1.29, 1.82) is 5.26 Å². The first-order valence-electron chi connectivity index (χ1n) is 12.8. The molecule has 1 saturated heterocycles. The molecule has 8 nitrogen and oxygen atoms in total. The maximum atomic E-state index is 13.3. The van der Waals surface area contributed by atoms with Crippen LogP contribution in [0.3, 0.4) is 0 Å². The smallest absolute Gasteiger partial charge is 0.319 e. The van der Waals surface area contributed by atoms with Gasteiger partial charge in [-0.25, -0.2) is 4.79 Å². The Morgan fingerprint density at radius 2 is 1.61 bits per heavy atom. The highest BCUT2D eigenvalue weighted by Gasteiger charge is 2.25. The van der Waals surface area contributed by atoms with Crippen LogP contribution in [0.1, 0.15) is 45.8 Å². The van der Waals surface area contributed by atoms with E-state index in [1.54, 1.807) is 12.1 Å². The second-order valence-electron chi connectivity index (χ2n) is 9.69.